The van der Waals surface area contributed by atoms with Crippen molar-refractivity contribution in [2.24, 2.45) is 0 Å². The number of para-hydroxylation sites is 1. The maximum atomic E-state index is 12.9. The number of carbonyl (C=O) groups excluding carboxylic acids is 2. The molecular weight excluding hydrogens is 324 g/mol. The molecule has 0 aliphatic heterocycles. The number of carbonyl (C=O) groups is 2. The summed E-state index contributed by atoms with van der Waals surface area (Å²) in [7, 11) is 0. The quantitative estimate of drug-likeness (QED) is 0.438. The molecule has 2 heterocycles. The van der Waals surface area contributed by atoms with Crippen molar-refractivity contribution in [2.45, 2.75) is 0 Å². The molecule has 25 heavy (non-hydrogen) atoms. The van der Waals surface area contributed by atoms with Gasteiger partial charge in [-0.15, -0.1) is 0 Å². The van der Waals surface area contributed by atoms with Crippen molar-refractivity contribution in [3.8, 4) is 5.75 Å². The highest BCUT2D eigenvalue weighted by Gasteiger charge is 2.38. The zero-order valence-corrected chi connectivity index (χ0v) is 12.5. The normalized spacial score (nSPS) is 13.3. The fraction of sp³-hybridized carbons (Fsp3) is 0. The van der Waals surface area contributed by atoms with E-state index >= 15 is 0 Å². The van der Waals surface area contributed by atoms with Crippen molar-refractivity contribution in [1.82, 2.24) is 0 Å². The van der Waals surface area contributed by atoms with Crippen molar-refractivity contribution >= 4 is 33.5 Å². The van der Waals surface area contributed by atoms with E-state index in [0.717, 1.165) is 0 Å². The number of fused-ring (bicyclic) bond motifs is 6. The first-order chi connectivity index (χ1) is 12.1. The molecule has 6 nitrogen and oxygen atoms in total. The Morgan fingerprint density at radius 1 is 0.800 bits per heavy atom. The molecule has 6 heteroatoms. The Morgan fingerprint density at radius 2 is 1.60 bits per heavy atom. The van der Waals surface area contributed by atoms with Gasteiger partial charge in [-0.1, -0.05) is 18.2 Å². The van der Waals surface area contributed by atoms with Crippen LogP contribution in [0.3, 0.4) is 0 Å². The van der Waals surface area contributed by atoms with Gasteiger partial charge in [-0.05, 0) is 24.3 Å². The molecule has 0 bridgehead atoms. The second-order valence-electron chi connectivity index (χ2n) is 5.75. The lowest BCUT2D eigenvalue weighted by Crippen LogP contribution is -2.20. The van der Waals surface area contributed by atoms with Crippen molar-refractivity contribution in [1.29, 1.82) is 0 Å². The molecule has 0 spiro atoms. The van der Waals surface area contributed by atoms with Gasteiger partial charge < -0.3 is 13.9 Å². The third-order valence-electron chi connectivity index (χ3n) is 4.39. The third-order valence-corrected chi connectivity index (χ3v) is 4.39. The van der Waals surface area contributed by atoms with Crippen LogP contribution in [-0.4, -0.2) is 16.7 Å². The van der Waals surface area contributed by atoms with E-state index in [2.05, 4.69) is 0 Å². The first-order valence-corrected chi connectivity index (χ1v) is 7.47. The number of phenolic OH excluding ortho intramolecular Hbond substituents is 1. The van der Waals surface area contributed by atoms with Gasteiger partial charge in [0.15, 0.2) is 11.3 Å². The summed E-state index contributed by atoms with van der Waals surface area (Å²) in [6, 6.07) is 10.9. The molecule has 0 saturated carbocycles. The van der Waals surface area contributed by atoms with Crippen molar-refractivity contribution in [3.63, 3.8) is 0 Å². The number of benzene rings is 2. The Morgan fingerprint density at radius 3 is 2.44 bits per heavy atom. The molecule has 1 aliphatic rings. The van der Waals surface area contributed by atoms with Gasteiger partial charge in [-0.2, -0.15) is 0 Å². The largest absolute Gasteiger partial charge is 0.507 e. The average molecular weight is 332 g/mol. The summed E-state index contributed by atoms with van der Waals surface area (Å²) in [6.07, 6.45) is 0. The van der Waals surface area contributed by atoms with Gasteiger partial charge in [0.25, 0.3) is 0 Å². The Balaban J connectivity index is 1.99. The SMILES string of the molecule is O=C1c2cccc(O)c2C(=O)c2c1oc1c2c(=O)oc2ccccc21. The van der Waals surface area contributed by atoms with E-state index in [1.807, 2.05) is 0 Å². The van der Waals surface area contributed by atoms with Crippen molar-refractivity contribution in [2.75, 3.05) is 0 Å². The minimum atomic E-state index is -0.765. The van der Waals surface area contributed by atoms with Crippen LogP contribution in [0.15, 0.2) is 56.1 Å². The number of hydrogen-bond donors (Lipinski definition) is 1. The summed E-state index contributed by atoms with van der Waals surface area (Å²) in [5, 5.41) is 10.4. The van der Waals surface area contributed by atoms with Gasteiger partial charge in [0.2, 0.25) is 11.6 Å². The highest BCUT2D eigenvalue weighted by atomic mass is 16.4. The molecule has 2 aromatic heterocycles. The van der Waals surface area contributed by atoms with E-state index in [4.69, 9.17) is 8.83 Å². The molecule has 4 aromatic rings. The van der Waals surface area contributed by atoms with Crippen LogP contribution >= 0.6 is 0 Å². The number of phenols is 1. The van der Waals surface area contributed by atoms with Crippen LogP contribution in [0.25, 0.3) is 21.9 Å². The van der Waals surface area contributed by atoms with Crippen LogP contribution in [0.2, 0.25) is 0 Å². The molecule has 1 N–H and O–H groups in total. The lowest BCUT2D eigenvalue weighted by Gasteiger charge is -2.13. The Bertz CT molecular complexity index is 1300. The van der Waals surface area contributed by atoms with E-state index in [9.17, 15) is 19.5 Å². The maximum absolute atomic E-state index is 12.9. The van der Waals surface area contributed by atoms with E-state index < -0.39 is 17.2 Å². The highest BCUT2D eigenvalue weighted by Crippen LogP contribution is 2.38. The van der Waals surface area contributed by atoms with E-state index in [1.165, 1.54) is 18.2 Å². The van der Waals surface area contributed by atoms with Crippen LogP contribution in [0.5, 0.6) is 5.75 Å². The molecule has 120 valence electrons. The summed E-state index contributed by atoms with van der Waals surface area (Å²) in [4.78, 5) is 38.0. The summed E-state index contributed by atoms with van der Waals surface area (Å²) in [5.74, 6) is -1.72. The molecule has 0 radical (unpaired) electrons. The zero-order valence-electron chi connectivity index (χ0n) is 12.5. The average Bonchev–Trinajstić information content (AvgIpc) is 3.02. The Labute approximate surface area is 138 Å². The highest BCUT2D eigenvalue weighted by molar-refractivity contribution is 6.32. The van der Waals surface area contributed by atoms with Crippen LogP contribution in [0.4, 0.5) is 0 Å². The minimum Gasteiger partial charge on any atom is -0.507 e. The molecule has 5 rings (SSSR count). The van der Waals surface area contributed by atoms with Crippen molar-refractivity contribution < 1.29 is 23.5 Å². The zero-order chi connectivity index (χ0) is 17.3. The topological polar surface area (TPSA) is 97.7 Å². The van der Waals surface area contributed by atoms with Gasteiger partial charge in [0.05, 0.1) is 16.5 Å². The molecule has 0 fully saturated rings. The summed E-state index contributed by atoms with van der Waals surface area (Å²) in [6.45, 7) is 0. The van der Waals surface area contributed by atoms with Crippen LogP contribution < -0.4 is 5.63 Å². The van der Waals surface area contributed by atoms with Crippen LogP contribution in [-0.2, 0) is 0 Å². The van der Waals surface area contributed by atoms with E-state index in [-0.39, 0.29) is 39.2 Å². The number of aromatic hydroxyl groups is 1. The predicted molar refractivity (Wildman–Crippen MR) is 87.2 cm³/mol. The molecule has 0 unspecified atom stereocenters. The molecule has 1 aliphatic carbocycles. The number of rotatable bonds is 0. The van der Waals surface area contributed by atoms with E-state index in [1.54, 1.807) is 24.3 Å². The number of ketones is 2. The summed E-state index contributed by atoms with van der Waals surface area (Å²) in [5.41, 5.74) is -0.579. The lowest BCUT2D eigenvalue weighted by atomic mass is 9.87. The lowest BCUT2D eigenvalue weighted by molar-refractivity contribution is 0.0960. The van der Waals surface area contributed by atoms with Crippen LogP contribution in [0.1, 0.15) is 32.0 Å². The van der Waals surface area contributed by atoms with Gasteiger partial charge in [0, 0.05) is 5.56 Å². The molecular formula is C19H8O6. The molecule has 0 atom stereocenters. The van der Waals surface area contributed by atoms with Crippen LogP contribution in [0, 0.1) is 0 Å². The van der Waals surface area contributed by atoms with E-state index in [0.29, 0.717) is 11.0 Å². The Hall–Kier alpha value is -3.67. The number of hydrogen-bond acceptors (Lipinski definition) is 6. The molecule has 0 amide bonds. The standard InChI is InChI=1S/C19H8O6/c20-10-6-3-5-9-12(10)16(22)13-14-17(25-18(13)15(9)21)8-4-1-2-7-11(8)24-19(14)23/h1-7,20H. The first-order valence-electron chi connectivity index (χ1n) is 7.47. The fourth-order valence-corrected chi connectivity index (χ4v) is 3.30. The smallest absolute Gasteiger partial charge is 0.348 e. The van der Waals surface area contributed by atoms with Crippen molar-refractivity contribution in [3.05, 3.63) is 75.3 Å². The minimum absolute atomic E-state index is 0.0465. The summed E-state index contributed by atoms with van der Waals surface area (Å²) >= 11 is 0. The fourth-order valence-electron chi connectivity index (χ4n) is 3.30. The predicted octanol–water partition coefficient (Wildman–Crippen LogP) is 3.02. The third kappa shape index (κ3) is 1.60. The molecule has 2 aromatic carbocycles. The molecule has 0 saturated heterocycles. The maximum Gasteiger partial charge on any atom is 0.348 e. The van der Waals surface area contributed by atoms with Gasteiger partial charge in [-0.3, -0.25) is 9.59 Å². The van der Waals surface area contributed by atoms with Gasteiger partial charge in [-0.25, -0.2) is 4.79 Å². The van der Waals surface area contributed by atoms with Gasteiger partial charge >= 0.3 is 5.63 Å². The Kier molecular flexibility index (Phi) is 2.44. The summed E-state index contributed by atoms with van der Waals surface area (Å²) < 4.78 is 10.9. The second-order valence-corrected chi connectivity index (χ2v) is 5.75. The first kappa shape index (κ1) is 13.7. The number of furan rings is 1. The monoisotopic (exact) mass is 332 g/mol. The van der Waals surface area contributed by atoms with Gasteiger partial charge in [0.1, 0.15) is 16.7 Å². The second kappa shape index (κ2) is 4.45.